The van der Waals surface area contributed by atoms with Gasteiger partial charge in [0.05, 0.1) is 7.11 Å². The summed E-state index contributed by atoms with van der Waals surface area (Å²) in [7, 11) is 1.16. The minimum Gasteiger partial charge on any atom is -0.463 e. The molecule has 2 rings (SSSR count). The van der Waals surface area contributed by atoms with Crippen LogP contribution >= 0.6 is 0 Å². The summed E-state index contributed by atoms with van der Waals surface area (Å²) in [6, 6.07) is 4.53. The van der Waals surface area contributed by atoms with Crippen LogP contribution in [-0.2, 0) is 9.53 Å². The summed E-state index contributed by atoms with van der Waals surface area (Å²) in [6.45, 7) is 0.130. The Hall–Kier alpha value is -2.04. The minimum absolute atomic E-state index is 0.130. The first kappa shape index (κ1) is 9.51. The third kappa shape index (κ3) is 1.63. The molecule has 5 heteroatoms. The summed E-state index contributed by atoms with van der Waals surface area (Å²) >= 11 is 0. The maximum Gasteiger partial charge on any atom is 0.379 e. The first-order chi connectivity index (χ1) is 7.22. The van der Waals surface area contributed by atoms with Crippen molar-refractivity contribution in [2.45, 2.75) is 0 Å². The highest BCUT2D eigenvalue weighted by atomic mass is 16.7. The van der Waals surface area contributed by atoms with Crippen LogP contribution < -0.4 is 9.47 Å². The Bertz CT molecular complexity index is 424. The zero-order valence-corrected chi connectivity index (χ0v) is 7.98. The van der Waals surface area contributed by atoms with E-state index in [1.165, 1.54) is 12.1 Å². The first-order valence-electron chi connectivity index (χ1n) is 4.24. The van der Waals surface area contributed by atoms with Crippen molar-refractivity contribution in [2.75, 3.05) is 13.9 Å². The maximum absolute atomic E-state index is 11.4. The molecule has 0 N–H and O–H groups in total. The molecule has 0 unspecified atom stereocenters. The predicted molar refractivity (Wildman–Crippen MR) is 48.9 cm³/mol. The maximum atomic E-state index is 11.4. The normalized spacial score (nSPS) is 12.3. The number of rotatable bonds is 2. The van der Waals surface area contributed by atoms with E-state index in [1.807, 2.05) is 0 Å². The van der Waals surface area contributed by atoms with Crippen LogP contribution in [0.2, 0.25) is 0 Å². The average molecular weight is 208 g/mol. The molecule has 1 aromatic carbocycles. The van der Waals surface area contributed by atoms with Crippen molar-refractivity contribution < 1.29 is 23.8 Å². The van der Waals surface area contributed by atoms with E-state index >= 15 is 0 Å². The largest absolute Gasteiger partial charge is 0.463 e. The lowest BCUT2D eigenvalue weighted by atomic mass is 10.1. The van der Waals surface area contributed by atoms with E-state index in [0.29, 0.717) is 11.5 Å². The molecule has 0 fully saturated rings. The van der Waals surface area contributed by atoms with Crippen molar-refractivity contribution in [3.8, 4) is 11.5 Å². The lowest BCUT2D eigenvalue weighted by Gasteiger charge is -2.00. The van der Waals surface area contributed by atoms with Crippen LogP contribution in [0.25, 0.3) is 0 Å². The van der Waals surface area contributed by atoms with Gasteiger partial charge in [-0.2, -0.15) is 0 Å². The summed E-state index contributed by atoms with van der Waals surface area (Å²) in [4.78, 5) is 22.4. The van der Waals surface area contributed by atoms with Gasteiger partial charge in [-0.05, 0) is 18.2 Å². The Labute approximate surface area is 85.5 Å². The van der Waals surface area contributed by atoms with Gasteiger partial charge in [-0.3, -0.25) is 4.79 Å². The van der Waals surface area contributed by atoms with Crippen molar-refractivity contribution in [3.63, 3.8) is 0 Å². The zero-order valence-electron chi connectivity index (χ0n) is 7.98. The van der Waals surface area contributed by atoms with Crippen LogP contribution in [0, 0.1) is 0 Å². The molecule has 1 heterocycles. The summed E-state index contributed by atoms with van der Waals surface area (Å²) < 4.78 is 14.5. The van der Waals surface area contributed by atoms with E-state index in [1.54, 1.807) is 6.07 Å². The zero-order chi connectivity index (χ0) is 10.8. The van der Waals surface area contributed by atoms with E-state index in [-0.39, 0.29) is 12.4 Å². The number of fused-ring (bicyclic) bond motifs is 1. The topological polar surface area (TPSA) is 61.8 Å². The molecular formula is C10H8O5. The van der Waals surface area contributed by atoms with Gasteiger partial charge in [0.15, 0.2) is 11.5 Å². The number of esters is 1. The monoisotopic (exact) mass is 208 g/mol. The molecule has 0 atom stereocenters. The fourth-order valence-electron chi connectivity index (χ4n) is 1.25. The van der Waals surface area contributed by atoms with E-state index in [4.69, 9.17) is 9.47 Å². The summed E-state index contributed by atoms with van der Waals surface area (Å²) in [5.74, 6) is -0.564. The van der Waals surface area contributed by atoms with Gasteiger partial charge in [0.1, 0.15) is 0 Å². The number of Topliss-reactive ketones (excluding diaryl/α,β-unsaturated/α-hetero) is 1. The molecule has 0 aromatic heterocycles. The van der Waals surface area contributed by atoms with Gasteiger partial charge in [-0.1, -0.05) is 0 Å². The minimum atomic E-state index is -0.895. The quantitative estimate of drug-likeness (QED) is 0.408. The SMILES string of the molecule is COC(=O)C(=O)c1ccc2c(c1)OCO2. The summed E-state index contributed by atoms with van der Waals surface area (Å²) in [5, 5.41) is 0. The van der Waals surface area contributed by atoms with E-state index < -0.39 is 11.8 Å². The molecule has 15 heavy (non-hydrogen) atoms. The van der Waals surface area contributed by atoms with Crippen LogP contribution in [0.3, 0.4) is 0 Å². The Balaban J connectivity index is 2.30. The van der Waals surface area contributed by atoms with Gasteiger partial charge in [0.2, 0.25) is 6.79 Å². The standard InChI is InChI=1S/C10H8O5/c1-13-10(12)9(11)6-2-3-7-8(4-6)15-5-14-7/h2-4H,5H2,1H3. The van der Waals surface area contributed by atoms with Gasteiger partial charge < -0.3 is 14.2 Å². The van der Waals surface area contributed by atoms with Gasteiger partial charge >= 0.3 is 5.97 Å². The molecule has 5 nitrogen and oxygen atoms in total. The summed E-state index contributed by atoms with van der Waals surface area (Å²) in [5.41, 5.74) is 0.228. The molecule has 78 valence electrons. The number of carbonyl (C=O) groups excluding carboxylic acids is 2. The number of methoxy groups -OCH3 is 1. The van der Waals surface area contributed by atoms with Crippen molar-refractivity contribution in [2.24, 2.45) is 0 Å². The Morgan fingerprint density at radius 2 is 2.00 bits per heavy atom. The number of hydrogen-bond donors (Lipinski definition) is 0. The Morgan fingerprint density at radius 1 is 1.27 bits per heavy atom. The highest BCUT2D eigenvalue weighted by molar-refractivity contribution is 6.40. The van der Waals surface area contributed by atoms with Crippen molar-refractivity contribution in [3.05, 3.63) is 23.8 Å². The first-order valence-corrected chi connectivity index (χ1v) is 4.24. The second-order valence-electron chi connectivity index (χ2n) is 2.89. The Morgan fingerprint density at radius 3 is 2.73 bits per heavy atom. The highest BCUT2D eigenvalue weighted by Crippen LogP contribution is 2.32. The molecular weight excluding hydrogens is 200 g/mol. The lowest BCUT2D eigenvalue weighted by Crippen LogP contribution is -2.15. The molecule has 1 aliphatic heterocycles. The molecule has 0 bridgehead atoms. The average Bonchev–Trinajstić information content (AvgIpc) is 2.73. The van der Waals surface area contributed by atoms with Crippen LogP contribution in [-0.4, -0.2) is 25.7 Å². The molecule has 1 aliphatic rings. The summed E-state index contributed by atoms with van der Waals surface area (Å²) in [6.07, 6.45) is 0. The molecule has 0 spiro atoms. The van der Waals surface area contributed by atoms with Gasteiger partial charge in [-0.15, -0.1) is 0 Å². The number of ether oxygens (including phenoxy) is 3. The van der Waals surface area contributed by atoms with E-state index in [0.717, 1.165) is 7.11 Å². The third-order valence-electron chi connectivity index (χ3n) is 2.01. The lowest BCUT2D eigenvalue weighted by molar-refractivity contribution is -0.135. The fraction of sp³-hybridized carbons (Fsp3) is 0.200. The Kier molecular flexibility index (Phi) is 2.29. The molecule has 0 amide bonds. The van der Waals surface area contributed by atoms with Crippen molar-refractivity contribution in [1.29, 1.82) is 0 Å². The number of benzene rings is 1. The third-order valence-corrected chi connectivity index (χ3v) is 2.01. The molecule has 0 radical (unpaired) electrons. The van der Waals surface area contributed by atoms with Crippen LogP contribution in [0.4, 0.5) is 0 Å². The molecule has 1 aromatic rings. The number of carbonyl (C=O) groups is 2. The van der Waals surface area contributed by atoms with Crippen molar-refractivity contribution >= 4 is 11.8 Å². The second-order valence-corrected chi connectivity index (χ2v) is 2.89. The van der Waals surface area contributed by atoms with Gasteiger partial charge in [0, 0.05) is 5.56 Å². The predicted octanol–water partition coefficient (Wildman–Crippen LogP) is 0.771. The van der Waals surface area contributed by atoms with Crippen LogP contribution in [0.1, 0.15) is 10.4 Å². The molecule has 0 saturated heterocycles. The molecule has 0 saturated carbocycles. The van der Waals surface area contributed by atoms with Crippen LogP contribution in [0.5, 0.6) is 11.5 Å². The number of hydrogen-bond acceptors (Lipinski definition) is 5. The molecule has 0 aliphatic carbocycles. The van der Waals surface area contributed by atoms with Gasteiger partial charge in [0.25, 0.3) is 5.78 Å². The number of ketones is 1. The van der Waals surface area contributed by atoms with Gasteiger partial charge in [-0.25, -0.2) is 4.79 Å². The second kappa shape index (κ2) is 3.61. The smallest absolute Gasteiger partial charge is 0.379 e. The van der Waals surface area contributed by atoms with E-state index in [2.05, 4.69) is 4.74 Å². The van der Waals surface area contributed by atoms with Crippen molar-refractivity contribution in [1.82, 2.24) is 0 Å². The van der Waals surface area contributed by atoms with E-state index in [9.17, 15) is 9.59 Å². The fourth-order valence-corrected chi connectivity index (χ4v) is 1.25. The highest BCUT2D eigenvalue weighted by Gasteiger charge is 2.20. The van der Waals surface area contributed by atoms with Crippen LogP contribution in [0.15, 0.2) is 18.2 Å².